The summed E-state index contributed by atoms with van der Waals surface area (Å²) in [4.78, 5) is 27.7. The first-order valence-electron chi connectivity index (χ1n) is 8.45. The van der Waals surface area contributed by atoms with E-state index in [4.69, 9.17) is 5.73 Å². The van der Waals surface area contributed by atoms with E-state index in [-0.39, 0.29) is 17.7 Å². The number of nitrogens with one attached hydrogen (secondary N) is 3. The summed E-state index contributed by atoms with van der Waals surface area (Å²) in [7, 11) is 0. The van der Waals surface area contributed by atoms with Gasteiger partial charge in [0.1, 0.15) is 5.82 Å². The van der Waals surface area contributed by atoms with Crippen LogP contribution in [0, 0.1) is 5.92 Å². The first-order chi connectivity index (χ1) is 12.2. The lowest BCUT2D eigenvalue weighted by atomic mass is 10.2. The molecule has 1 aliphatic carbocycles. The van der Waals surface area contributed by atoms with Gasteiger partial charge in [0.25, 0.3) is 0 Å². The highest BCUT2D eigenvalue weighted by Crippen LogP contribution is 2.28. The van der Waals surface area contributed by atoms with Crippen molar-refractivity contribution in [1.29, 1.82) is 0 Å². The van der Waals surface area contributed by atoms with E-state index in [9.17, 15) is 9.59 Å². The predicted octanol–water partition coefficient (Wildman–Crippen LogP) is 1.18. The van der Waals surface area contributed by atoms with Crippen LogP contribution < -0.4 is 16.4 Å². The molecule has 0 atom stereocenters. The molecule has 0 bridgehead atoms. The number of rotatable bonds is 8. The van der Waals surface area contributed by atoms with Crippen LogP contribution >= 0.6 is 0 Å². The van der Waals surface area contributed by atoms with Crippen LogP contribution in [0.1, 0.15) is 31.5 Å². The van der Waals surface area contributed by atoms with E-state index in [1.54, 1.807) is 12.1 Å². The Labute approximate surface area is 145 Å². The van der Waals surface area contributed by atoms with Gasteiger partial charge >= 0.3 is 0 Å². The number of nitrogens with zero attached hydrogens (tertiary/aromatic N) is 2. The number of nitrogens with two attached hydrogens (primary N) is 1. The monoisotopic (exact) mass is 342 g/mol. The smallest absolute Gasteiger partial charge is 0.224 e. The fraction of sp³-hybridized carbons (Fsp3) is 0.412. The molecular weight excluding hydrogens is 320 g/mol. The molecule has 3 rings (SSSR count). The molecule has 0 unspecified atom stereocenters. The Balaban J connectivity index is 1.42. The summed E-state index contributed by atoms with van der Waals surface area (Å²) < 4.78 is 0. The van der Waals surface area contributed by atoms with Crippen molar-refractivity contribution in [3.8, 4) is 11.4 Å². The molecule has 1 aromatic carbocycles. The molecule has 8 heteroatoms. The second-order valence-corrected chi connectivity index (χ2v) is 6.10. The van der Waals surface area contributed by atoms with Crippen LogP contribution in [0.15, 0.2) is 24.3 Å². The zero-order chi connectivity index (χ0) is 17.6. The fourth-order valence-corrected chi connectivity index (χ4v) is 2.39. The molecule has 0 aliphatic heterocycles. The Morgan fingerprint density at radius 1 is 1.24 bits per heavy atom. The quantitative estimate of drug-likeness (QED) is 0.536. The van der Waals surface area contributed by atoms with Gasteiger partial charge in [-0.1, -0.05) is 0 Å². The molecule has 8 nitrogen and oxygen atoms in total. The number of H-pyrrole nitrogens is 1. The van der Waals surface area contributed by atoms with Crippen LogP contribution in [-0.2, 0) is 16.1 Å². The number of amides is 2. The summed E-state index contributed by atoms with van der Waals surface area (Å²) in [6.07, 6.45) is 2.97. The molecule has 2 aromatic rings. The normalized spacial score (nSPS) is 13.5. The van der Waals surface area contributed by atoms with Crippen molar-refractivity contribution in [3.05, 3.63) is 30.1 Å². The van der Waals surface area contributed by atoms with Crippen LogP contribution in [0.25, 0.3) is 11.4 Å². The van der Waals surface area contributed by atoms with Gasteiger partial charge < -0.3 is 16.4 Å². The zero-order valence-electron chi connectivity index (χ0n) is 13.9. The van der Waals surface area contributed by atoms with E-state index in [1.165, 1.54) is 0 Å². The van der Waals surface area contributed by atoms with Gasteiger partial charge in [-0.15, -0.1) is 0 Å². The second-order valence-electron chi connectivity index (χ2n) is 6.10. The van der Waals surface area contributed by atoms with Crippen LogP contribution in [0.3, 0.4) is 0 Å². The number of benzene rings is 1. The van der Waals surface area contributed by atoms with Gasteiger partial charge in [0.05, 0.1) is 6.54 Å². The summed E-state index contributed by atoms with van der Waals surface area (Å²) >= 11 is 0. The average Bonchev–Trinajstić information content (AvgIpc) is 3.37. The first kappa shape index (κ1) is 17.1. The minimum Gasteiger partial charge on any atom is -0.356 e. The minimum absolute atomic E-state index is 0.0725. The molecule has 0 radical (unpaired) electrons. The Morgan fingerprint density at radius 3 is 2.64 bits per heavy atom. The molecule has 1 saturated carbocycles. The highest BCUT2D eigenvalue weighted by Gasteiger charge is 2.28. The highest BCUT2D eigenvalue weighted by atomic mass is 16.2. The van der Waals surface area contributed by atoms with Gasteiger partial charge in [-0.2, -0.15) is 5.10 Å². The summed E-state index contributed by atoms with van der Waals surface area (Å²) in [6.45, 7) is 0.845. The largest absolute Gasteiger partial charge is 0.356 e. The zero-order valence-corrected chi connectivity index (χ0v) is 13.9. The van der Waals surface area contributed by atoms with Gasteiger partial charge in [0.2, 0.25) is 11.8 Å². The minimum atomic E-state index is -0.0725. The number of hydrogen-bond donors (Lipinski definition) is 4. The third-order valence-corrected chi connectivity index (χ3v) is 3.98. The van der Waals surface area contributed by atoms with E-state index in [0.717, 1.165) is 18.4 Å². The molecule has 1 heterocycles. The standard InChI is InChI=1S/C17H22N6O2/c18-10-14-21-16(23-22-14)11-5-7-13(8-6-11)20-15(24)2-1-9-19-17(25)12-3-4-12/h5-8,12H,1-4,9-10,18H2,(H,19,25)(H,20,24)(H,21,22,23). The maximum Gasteiger partial charge on any atom is 0.224 e. The van der Waals surface area contributed by atoms with E-state index >= 15 is 0 Å². The SMILES string of the molecule is NCc1nc(-c2ccc(NC(=O)CCCNC(=O)C3CC3)cc2)n[nH]1. The number of aromatic amines is 1. The number of hydrogen-bond acceptors (Lipinski definition) is 5. The number of carbonyl (C=O) groups excluding carboxylic acids is 2. The van der Waals surface area contributed by atoms with Crippen LogP contribution in [0.5, 0.6) is 0 Å². The lowest BCUT2D eigenvalue weighted by Gasteiger charge is -2.06. The molecule has 1 aromatic heterocycles. The van der Waals surface area contributed by atoms with Gasteiger partial charge in [-0.05, 0) is 43.5 Å². The van der Waals surface area contributed by atoms with Crippen molar-refractivity contribution in [2.24, 2.45) is 11.7 Å². The maximum atomic E-state index is 11.9. The second kappa shape index (κ2) is 7.89. The summed E-state index contributed by atoms with van der Waals surface area (Å²) in [5.74, 6) is 1.45. The first-order valence-corrected chi connectivity index (χ1v) is 8.45. The van der Waals surface area contributed by atoms with Crippen molar-refractivity contribution < 1.29 is 9.59 Å². The molecule has 25 heavy (non-hydrogen) atoms. The van der Waals surface area contributed by atoms with Crippen molar-refractivity contribution in [3.63, 3.8) is 0 Å². The Hall–Kier alpha value is -2.74. The highest BCUT2D eigenvalue weighted by molar-refractivity contribution is 5.91. The van der Waals surface area contributed by atoms with Gasteiger partial charge in [-0.25, -0.2) is 4.98 Å². The van der Waals surface area contributed by atoms with Gasteiger partial charge in [0.15, 0.2) is 5.82 Å². The molecule has 132 valence electrons. The lowest BCUT2D eigenvalue weighted by Crippen LogP contribution is -2.26. The Morgan fingerprint density at radius 2 is 2.00 bits per heavy atom. The fourth-order valence-electron chi connectivity index (χ4n) is 2.39. The third kappa shape index (κ3) is 4.87. The molecule has 2 amide bonds. The summed E-state index contributed by atoms with van der Waals surface area (Å²) in [5.41, 5.74) is 7.06. The molecule has 0 spiro atoms. The van der Waals surface area contributed by atoms with E-state index in [1.807, 2.05) is 12.1 Å². The van der Waals surface area contributed by atoms with Crippen LogP contribution in [-0.4, -0.2) is 33.5 Å². The predicted molar refractivity (Wildman–Crippen MR) is 93.3 cm³/mol. The number of carbonyl (C=O) groups is 2. The summed E-state index contributed by atoms with van der Waals surface area (Å²) in [6, 6.07) is 7.30. The summed E-state index contributed by atoms with van der Waals surface area (Å²) in [5, 5.41) is 12.5. The van der Waals surface area contributed by atoms with Gasteiger partial charge in [0, 0.05) is 30.1 Å². The van der Waals surface area contributed by atoms with E-state index in [2.05, 4.69) is 25.8 Å². The van der Waals surface area contributed by atoms with Crippen LogP contribution in [0.4, 0.5) is 5.69 Å². The third-order valence-electron chi connectivity index (χ3n) is 3.98. The number of aromatic nitrogens is 3. The molecule has 0 saturated heterocycles. The van der Waals surface area contributed by atoms with E-state index < -0.39 is 0 Å². The lowest BCUT2D eigenvalue weighted by molar-refractivity contribution is -0.122. The van der Waals surface area contributed by atoms with Crippen molar-refractivity contribution in [2.75, 3.05) is 11.9 Å². The van der Waals surface area contributed by atoms with Crippen molar-refractivity contribution >= 4 is 17.5 Å². The Bertz CT molecular complexity index is 736. The molecular formula is C17H22N6O2. The molecule has 1 aliphatic rings. The van der Waals surface area contributed by atoms with Crippen molar-refractivity contribution in [2.45, 2.75) is 32.2 Å². The number of anilines is 1. The van der Waals surface area contributed by atoms with E-state index in [0.29, 0.717) is 43.3 Å². The van der Waals surface area contributed by atoms with Crippen molar-refractivity contribution in [1.82, 2.24) is 20.5 Å². The van der Waals surface area contributed by atoms with Gasteiger partial charge in [-0.3, -0.25) is 14.7 Å². The Kier molecular flexibility index (Phi) is 5.39. The average molecular weight is 342 g/mol. The maximum absolute atomic E-state index is 11.9. The molecule has 5 N–H and O–H groups in total. The molecule has 1 fully saturated rings. The van der Waals surface area contributed by atoms with Crippen LogP contribution in [0.2, 0.25) is 0 Å². The topological polar surface area (TPSA) is 126 Å².